The maximum atomic E-state index is 13.0. The highest BCUT2D eigenvalue weighted by molar-refractivity contribution is 7.89. The lowest BCUT2D eigenvalue weighted by Gasteiger charge is -2.38. The highest BCUT2D eigenvalue weighted by Crippen LogP contribution is 2.23. The Balaban J connectivity index is 1.53. The monoisotopic (exact) mass is 435 g/mol. The molecule has 7 nitrogen and oxygen atoms in total. The minimum Gasteiger partial charge on any atom is -0.342 e. The minimum atomic E-state index is -3.23. The van der Waals surface area contributed by atoms with Crippen LogP contribution in [-0.4, -0.2) is 68.0 Å². The van der Waals surface area contributed by atoms with Gasteiger partial charge in [-0.1, -0.05) is 24.6 Å². The molecule has 0 spiro atoms. The highest BCUT2D eigenvalue weighted by Gasteiger charge is 2.33. The number of piperidine rings is 2. The first-order valence-electron chi connectivity index (χ1n) is 10.9. The summed E-state index contributed by atoms with van der Waals surface area (Å²) in [6.07, 6.45) is 3.47. The third kappa shape index (κ3) is 5.82. The van der Waals surface area contributed by atoms with Gasteiger partial charge in [-0.2, -0.15) is 0 Å². The quantitative estimate of drug-likeness (QED) is 0.742. The van der Waals surface area contributed by atoms with Crippen molar-refractivity contribution in [3.8, 4) is 0 Å². The van der Waals surface area contributed by atoms with Gasteiger partial charge in [0.05, 0.1) is 11.7 Å². The van der Waals surface area contributed by atoms with Crippen LogP contribution in [0, 0.1) is 12.8 Å². The van der Waals surface area contributed by atoms with Crippen LogP contribution < -0.4 is 4.72 Å². The first-order chi connectivity index (χ1) is 14.3. The van der Waals surface area contributed by atoms with E-state index in [0.29, 0.717) is 51.0 Å². The van der Waals surface area contributed by atoms with E-state index in [1.54, 1.807) is 4.90 Å². The topological polar surface area (TPSA) is 86.8 Å². The maximum Gasteiger partial charge on any atom is 0.253 e. The van der Waals surface area contributed by atoms with Crippen LogP contribution in [0.25, 0.3) is 0 Å². The first-order valence-corrected chi connectivity index (χ1v) is 12.6. The number of likely N-dealkylation sites (tertiary alicyclic amines) is 2. The number of nitrogens with zero attached hydrogens (tertiary/aromatic N) is 2. The Morgan fingerprint density at radius 1 is 1.03 bits per heavy atom. The van der Waals surface area contributed by atoms with Gasteiger partial charge in [0.2, 0.25) is 15.9 Å². The Morgan fingerprint density at radius 2 is 1.70 bits per heavy atom. The molecule has 2 heterocycles. The standard InChI is InChI=1S/C22H33N3O4S/c1-3-15-30(28,29)23-20-10-13-24(14-11-20)22(27)19-5-4-12-25(16-19)21(26)18-8-6-17(2)7-9-18/h6-9,19-20,23H,3-5,10-16H2,1-2H3. The van der Waals surface area contributed by atoms with Crippen molar-refractivity contribution in [3.05, 3.63) is 35.4 Å². The molecular formula is C22H33N3O4S. The van der Waals surface area contributed by atoms with Gasteiger partial charge in [0.1, 0.15) is 0 Å². The summed E-state index contributed by atoms with van der Waals surface area (Å²) in [5.74, 6) is 0.0308. The molecule has 1 aromatic carbocycles. The number of aryl methyl sites for hydroxylation is 1. The van der Waals surface area contributed by atoms with Gasteiger partial charge < -0.3 is 9.80 Å². The third-order valence-electron chi connectivity index (χ3n) is 5.98. The van der Waals surface area contributed by atoms with Crippen LogP contribution in [0.2, 0.25) is 0 Å². The smallest absolute Gasteiger partial charge is 0.253 e. The van der Waals surface area contributed by atoms with Gasteiger partial charge in [0, 0.05) is 37.8 Å². The fourth-order valence-corrected chi connectivity index (χ4v) is 5.70. The molecule has 2 aliphatic rings. The zero-order valence-electron chi connectivity index (χ0n) is 18.0. The number of amides is 2. The normalized spacial score (nSPS) is 20.9. The van der Waals surface area contributed by atoms with Gasteiger partial charge >= 0.3 is 0 Å². The van der Waals surface area contributed by atoms with E-state index in [4.69, 9.17) is 0 Å². The summed E-state index contributed by atoms with van der Waals surface area (Å²) in [5, 5.41) is 0. The Hall–Kier alpha value is -1.93. The number of hydrogen-bond donors (Lipinski definition) is 1. The predicted molar refractivity (Wildman–Crippen MR) is 117 cm³/mol. The molecule has 2 saturated heterocycles. The summed E-state index contributed by atoms with van der Waals surface area (Å²) < 4.78 is 26.7. The van der Waals surface area contributed by atoms with Crippen molar-refractivity contribution in [2.45, 2.75) is 52.0 Å². The van der Waals surface area contributed by atoms with Crippen molar-refractivity contribution >= 4 is 21.8 Å². The zero-order chi connectivity index (χ0) is 21.7. The van der Waals surface area contributed by atoms with Crippen LogP contribution in [0.4, 0.5) is 0 Å². The third-order valence-corrected chi connectivity index (χ3v) is 7.62. The SMILES string of the molecule is CCCS(=O)(=O)NC1CCN(C(=O)C2CCCN(C(=O)c3ccc(C)cc3)C2)CC1. The molecule has 1 N–H and O–H groups in total. The fraction of sp³-hybridized carbons (Fsp3) is 0.636. The van der Waals surface area contributed by atoms with E-state index in [9.17, 15) is 18.0 Å². The number of benzene rings is 1. The average Bonchev–Trinajstić information content (AvgIpc) is 2.73. The molecule has 2 fully saturated rings. The Morgan fingerprint density at radius 3 is 2.33 bits per heavy atom. The molecule has 166 valence electrons. The zero-order valence-corrected chi connectivity index (χ0v) is 18.8. The summed E-state index contributed by atoms with van der Waals surface area (Å²) in [5.41, 5.74) is 1.77. The maximum absolute atomic E-state index is 13.0. The molecule has 0 bridgehead atoms. The molecule has 2 aliphatic heterocycles. The van der Waals surface area contributed by atoms with Crippen LogP contribution in [0.5, 0.6) is 0 Å². The van der Waals surface area contributed by atoms with Gasteiger partial charge in [0.15, 0.2) is 0 Å². The van der Waals surface area contributed by atoms with E-state index in [-0.39, 0.29) is 29.5 Å². The summed E-state index contributed by atoms with van der Waals surface area (Å²) in [4.78, 5) is 29.5. The second kappa shape index (κ2) is 9.92. The molecule has 0 saturated carbocycles. The van der Waals surface area contributed by atoms with Gasteiger partial charge in [-0.05, 0) is 51.2 Å². The molecule has 2 amide bonds. The van der Waals surface area contributed by atoms with E-state index >= 15 is 0 Å². The molecule has 0 aliphatic carbocycles. The van der Waals surface area contributed by atoms with E-state index < -0.39 is 10.0 Å². The second-order valence-corrected chi connectivity index (χ2v) is 10.4. The van der Waals surface area contributed by atoms with E-state index in [1.165, 1.54) is 0 Å². The molecular weight excluding hydrogens is 402 g/mol. The number of carbonyl (C=O) groups excluding carboxylic acids is 2. The average molecular weight is 436 g/mol. The van der Waals surface area contributed by atoms with Crippen molar-refractivity contribution in [2.24, 2.45) is 5.92 Å². The first kappa shape index (κ1) is 22.7. The molecule has 3 rings (SSSR count). The van der Waals surface area contributed by atoms with Gasteiger partial charge in [-0.3, -0.25) is 9.59 Å². The lowest BCUT2D eigenvalue weighted by Crippen LogP contribution is -2.51. The molecule has 1 atom stereocenters. The number of rotatable bonds is 6. The van der Waals surface area contributed by atoms with Crippen molar-refractivity contribution < 1.29 is 18.0 Å². The number of sulfonamides is 1. The number of carbonyl (C=O) groups is 2. The number of hydrogen-bond acceptors (Lipinski definition) is 4. The van der Waals surface area contributed by atoms with Crippen LogP contribution in [-0.2, 0) is 14.8 Å². The largest absolute Gasteiger partial charge is 0.342 e. The summed E-state index contributed by atoms with van der Waals surface area (Å²) >= 11 is 0. The Kier molecular flexibility index (Phi) is 7.52. The van der Waals surface area contributed by atoms with Crippen molar-refractivity contribution in [1.29, 1.82) is 0 Å². The predicted octanol–water partition coefficient (Wildman–Crippen LogP) is 2.17. The fourth-order valence-electron chi connectivity index (χ4n) is 4.30. The van der Waals surface area contributed by atoms with Crippen molar-refractivity contribution in [3.63, 3.8) is 0 Å². The Labute approximate surface area is 179 Å². The van der Waals surface area contributed by atoms with Crippen LogP contribution >= 0.6 is 0 Å². The van der Waals surface area contributed by atoms with E-state index in [0.717, 1.165) is 18.4 Å². The van der Waals surface area contributed by atoms with Crippen LogP contribution in [0.15, 0.2) is 24.3 Å². The van der Waals surface area contributed by atoms with Crippen molar-refractivity contribution in [2.75, 3.05) is 31.9 Å². The van der Waals surface area contributed by atoms with E-state index in [2.05, 4.69) is 4.72 Å². The highest BCUT2D eigenvalue weighted by atomic mass is 32.2. The minimum absolute atomic E-state index is 0.0171. The van der Waals surface area contributed by atoms with Gasteiger partial charge in [-0.15, -0.1) is 0 Å². The molecule has 8 heteroatoms. The van der Waals surface area contributed by atoms with Gasteiger partial charge in [0.25, 0.3) is 5.91 Å². The summed E-state index contributed by atoms with van der Waals surface area (Å²) in [6.45, 7) is 6.08. The molecule has 30 heavy (non-hydrogen) atoms. The molecule has 1 unspecified atom stereocenters. The van der Waals surface area contributed by atoms with Crippen LogP contribution in [0.1, 0.15) is 54.9 Å². The molecule has 0 radical (unpaired) electrons. The molecule has 1 aromatic rings. The summed E-state index contributed by atoms with van der Waals surface area (Å²) in [7, 11) is -3.23. The summed E-state index contributed by atoms with van der Waals surface area (Å²) in [6, 6.07) is 7.44. The second-order valence-electron chi connectivity index (χ2n) is 8.49. The van der Waals surface area contributed by atoms with E-state index in [1.807, 2.05) is 43.0 Å². The lowest BCUT2D eigenvalue weighted by molar-refractivity contribution is -0.138. The Bertz CT molecular complexity index is 846. The number of nitrogens with one attached hydrogen (secondary N) is 1. The molecule has 0 aromatic heterocycles. The van der Waals surface area contributed by atoms with Crippen LogP contribution in [0.3, 0.4) is 0 Å². The van der Waals surface area contributed by atoms with Gasteiger partial charge in [-0.25, -0.2) is 13.1 Å². The lowest BCUT2D eigenvalue weighted by atomic mass is 9.94. The van der Waals surface area contributed by atoms with Crippen molar-refractivity contribution in [1.82, 2.24) is 14.5 Å².